The number of hydrogen-bond acceptors (Lipinski definition) is 4. The van der Waals surface area contributed by atoms with Gasteiger partial charge < -0.3 is 15.0 Å². The van der Waals surface area contributed by atoms with Crippen LogP contribution in [0.25, 0.3) is 0 Å². The normalized spacial score (nSPS) is 10.2. The molecule has 0 fully saturated rings. The van der Waals surface area contributed by atoms with E-state index in [1.54, 1.807) is 41.3 Å². The lowest BCUT2D eigenvalue weighted by molar-refractivity contribution is -0.118. The third kappa shape index (κ3) is 5.19. The summed E-state index contributed by atoms with van der Waals surface area (Å²) in [7, 11) is 0. The minimum atomic E-state index is -0.331. The Balaban J connectivity index is 1.91. The van der Waals surface area contributed by atoms with Crippen molar-refractivity contribution in [3.05, 3.63) is 53.3 Å². The lowest BCUT2D eigenvalue weighted by atomic mass is 10.2. The predicted octanol–water partition coefficient (Wildman–Crippen LogP) is 3.23. The van der Waals surface area contributed by atoms with Crippen molar-refractivity contribution in [1.82, 2.24) is 9.88 Å². The topological polar surface area (TPSA) is 71.5 Å². The first-order chi connectivity index (χ1) is 12.0. The summed E-state index contributed by atoms with van der Waals surface area (Å²) in [4.78, 5) is 29.8. The van der Waals surface area contributed by atoms with Crippen LogP contribution in [-0.2, 0) is 4.79 Å². The first kappa shape index (κ1) is 18.7. The number of halogens is 1. The molecule has 1 heterocycles. The van der Waals surface area contributed by atoms with Crippen LogP contribution in [0.5, 0.6) is 5.75 Å². The monoisotopic (exact) mass is 361 g/mol. The van der Waals surface area contributed by atoms with Gasteiger partial charge in [0, 0.05) is 30.5 Å². The van der Waals surface area contributed by atoms with Crippen LogP contribution in [0.3, 0.4) is 0 Å². The molecule has 0 unspecified atom stereocenters. The number of ether oxygens (including phenoxy) is 1. The second kappa shape index (κ2) is 9.03. The number of carbonyl (C=O) groups excluding carboxylic acids is 2. The molecule has 1 aromatic heterocycles. The fourth-order valence-electron chi connectivity index (χ4n) is 2.21. The Morgan fingerprint density at radius 1 is 1.16 bits per heavy atom. The van der Waals surface area contributed by atoms with Gasteiger partial charge in [0.2, 0.25) is 0 Å². The number of nitrogens with one attached hydrogen (secondary N) is 1. The molecule has 0 aliphatic carbocycles. The second-order valence-corrected chi connectivity index (χ2v) is 5.54. The van der Waals surface area contributed by atoms with E-state index in [1.807, 2.05) is 13.8 Å². The van der Waals surface area contributed by atoms with Crippen molar-refractivity contribution in [2.24, 2.45) is 0 Å². The molecule has 0 saturated carbocycles. The Bertz CT molecular complexity index is 731. The van der Waals surface area contributed by atoms with Crippen molar-refractivity contribution in [3.63, 3.8) is 0 Å². The molecule has 25 heavy (non-hydrogen) atoms. The van der Waals surface area contributed by atoms with Gasteiger partial charge in [-0.25, -0.2) is 4.98 Å². The van der Waals surface area contributed by atoms with Gasteiger partial charge in [0.25, 0.3) is 11.8 Å². The van der Waals surface area contributed by atoms with E-state index in [0.717, 1.165) is 0 Å². The summed E-state index contributed by atoms with van der Waals surface area (Å²) in [6, 6.07) is 10.1. The van der Waals surface area contributed by atoms with Gasteiger partial charge in [-0.2, -0.15) is 0 Å². The number of anilines is 1. The van der Waals surface area contributed by atoms with Crippen molar-refractivity contribution in [2.45, 2.75) is 13.8 Å². The van der Waals surface area contributed by atoms with Gasteiger partial charge >= 0.3 is 0 Å². The van der Waals surface area contributed by atoms with Gasteiger partial charge in [-0.15, -0.1) is 0 Å². The van der Waals surface area contributed by atoms with E-state index in [1.165, 1.54) is 6.20 Å². The second-order valence-electron chi connectivity index (χ2n) is 5.18. The standard InChI is InChI=1S/C18H20ClN3O3/c1-3-22(4-2)18(24)13-7-9-14(10-8-13)21-16(23)12-25-15-6-5-11-20-17(15)19/h5-11H,3-4,12H2,1-2H3,(H,21,23). The van der Waals surface area contributed by atoms with Gasteiger partial charge in [-0.05, 0) is 50.2 Å². The lowest BCUT2D eigenvalue weighted by Crippen LogP contribution is -2.30. The Morgan fingerprint density at radius 3 is 2.44 bits per heavy atom. The molecule has 0 radical (unpaired) electrons. The minimum Gasteiger partial charge on any atom is -0.481 e. The van der Waals surface area contributed by atoms with Crippen LogP contribution >= 0.6 is 11.6 Å². The number of rotatable bonds is 7. The summed E-state index contributed by atoms with van der Waals surface area (Å²) in [6.45, 7) is 4.99. The van der Waals surface area contributed by atoms with E-state index in [2.05, 4.69) is 10.3 Å². The molecule has 0 spiro atoms. The van der Waals surface area contributed by atoms with E-state index in [-0.39, 0.29) is 23.6 Å². The summed E-state index contributed by atoms with van der Waals surface area (Å²) in [5.41, 5.74) is 1.17. The third-order valence-electron chi connectivity index (χ3n) is 3.55. The molecule has 132 valence electrons. The number of carbonyl (C=O) groups is 2. The highest BCUT2D eigenvalue weighted by atomic mass is 35.5. The predicted molar refractivity (Wildman–Crippen MR) is 97.1 cm³/mol. The van der Waals surface area contributed by atoms with E-state index in [0.29, 0.717) is 30.1 Å². The maximum absolute atomic E-state index is 12.2. The maximum atomic E-state index is 12.2. The molecule has 7 heteroatoms. The van der Waals surface area contributed by atoms with Gasteiger partial charge in [0.1, 0.15) is 0 Å². The van der Waals surface area contributed by atoms with E-state index in [9.17, 15) is 9.59 Å². The Labute approximate surface area is 151 Å². The molecule has 2 aromatic rings. The zero-order valence-corrected chi connectivity index (χ0v) is 14.9. The molecular formula is C18H20ClN3O3. The van der Waals surface area contributed by atoms with E-state index < -0.39 is 0 Å². The van der Waals surface area contributed by atoms with Gasteiger partial charge in [-0.3, -0.25) is 9.59 Å². The third-order valence-corrected chi connectivity index (χ3v) is 3.83. The van der Waals surface area contributed by atoms with Crippen molar-refractivity contribution < 1.29 is 14.3 Å². The number of hydrogen-bond donors (Lipinski definition) is 1. The van der Waals surface area contributed by atoms with E-state index in [4.69, 9.17) is 16.3 Å². The van der Waals surface area contributed by atoms with Crippen LogP contribution in [0.15, 0.2) is 42.6 Å². The van der Waals surface area contributed by atoms with Crippen LogP contribution in [0.1, 0.15) is 24.2 Å². The number of benzene rings is 1. The van der Waals surface area contributed by atoms with Crippen molar-refractivity contribution in [2.75, 3.05) is 25.0 Å². The molecule has 0 aliphatic heterocycles. The summed E-state index contributed by atoms with van der Waals surface area (Å²) in [6.07, 6.45) is 1.54. The van der Waals surface area contributed by atoms with E-state index >= 15 is 0 Å². The average molecular weight is 362 g/mol. The number of pyridine rings is 1. The molecule has 0 saturated heterocycles. The molecule has 0 aliphatic rings. The largest absolute Gasteiger partial charge is 0.481 e. The van der Waals surface area contributed by atoms with Crippen LogP contribution in [0, 0.1) is 0 Å². The van der Waals surface area contributed by atoms with Crippen molar-refractivity contribution in [3.8, 4) is 5.75 Å². The first-order valence-corrected chi connectivity index (χ1v) is 8.35. The summed E-state index contributed by atoms with van der Waals surface area (Å²) >= 11 is 5.86. The van der Waals surface area contributed by atoms with Crippen LogP contribution in [0.4, 0.5) is 5.69 Å². The van der Waals surface area contributed by atoms with Crippen LogP contribution < -0.4 is 10.1 Å². The van der Waals surface area contributed by atoms with Crippen LogP contribution in [0.2, 0.25) is 5.15 Å². The summed E-state index contributed by atoms with van der Waals surface area (Å²) in [5, 5.41) is 2.91. The lowest BCUT2D eigenvalue weighted by Gasteiger charge is -2.18. The smallest absolute Gasteiger partial charge is 0.262 e. The molecule has 0 bridgehead atoms. The summed E-state index contributed by atoms with van der Waals surface area (Å²) < 4.78 is 5.33. The quantitative estimate of drug-likeness (QED) is 0.768. The first-order valence-electron chi connectivity index (χ1n) is 7.97. The van der Waals surface area contributed by atoms with Gasteiger partial charge in [0.05, 0.1) is 0 Å². The maximum Gasteiger partial charge on any atom is 0.262 e. The zero-order chi connectivity index (χ0) is 18.2. The molecule has 6 nitrogen and oxygen atoms in total. The molecular weight excluding hydrogens is 342 g/mol. The van der Waals surface area contributed by atoms with Crippen LogP contribution in [-0.4, -0.2) is 41.4 Å². The molecule has 2 amide bonds. The highest BCUT2D eigenvalue weighted by Crippen LogP contribution is 2.20. The number of nitrogens with zero attached hydrogens (tertiary/aromatic N) is 2. The van der Waals surface area contributed by atoms with Crippen molar-refractivity contribution >= 4 is 29.1 Å². The average Bonchev–Trinajstić information content (AvgIpc) is 2.62. The zero-order valence-electron chi connectivity index (χ0n) is 14.2. The SMILES string of the molecule is CCN(CC)C(=O)c1ccc(NC(=O)COc2cccnc2Cl)cc1. The Morgan fingerprint density at radius 2 is 1.84 bits per heavy atom. The minimum absolute atomic E-state index is 0.0302. The highest BCUT2D eigenvalue weighted by Gasteiger charge is 2.12. The molecule has 1 aromatic carbocycles. The summed E-state index contributed by atoms with van der Waals surface area (Å²) in [5.74, 6) is -0.0142. The molecule has 0 atom stereocenters. The van der Waals surface area contributed by atoms with Gasteiger partial charge in [-0.1, -0.05) is 11.6 Å². The van der Waals surface area contributed by atoms with Gasteiger partial charge in [0.15, 0.2) is 17.5 Å². The Hall–Kier alpha value is -2.60. The van der Waals surface area contributed by atoms with Crippen molar-refractivity contribution in [1.29, 1.82) is 0 Å². The molecule has 1 N–H and O–H groups in total. The number of aromatic nitrogens is 1. The highest BCUT2D eigenvalue weighted by molar-refractivity contribution is 6.30. The fraction of sp³-hybridized carbons (Fsp3) is 0.278. The number of amides is 2. The molecule has 2 rings (SSSR count). The Kier molecular flexibility index (Phi) is 6.77. The fourth-order valence-corrected chi connectivity index (χ4v) is 2.38.